The number of hydrogen-bond acceptors (Lipinski definition) is 3. The van der Waals surface area contributed by atoms with E-state index in [-0.39, 0.29) is 12.5 Å². The van der Waals surface area contributed by atoms with Crippen molar-refractivity contribution in [3.05, 3.63) is 97.2 Å². The summed E-state index contributed by atoms with van der Waals surface area (Å²) in [5.74, 6) is -0.0645. The Morgan fingerprint density at radius 2 is 0.579 bits per heavy atom. The van der Waals surface area contributed by atoms with Crippen molar-refractivity contribution in [2.75, 3.05) is 6.61 Å². The molecule has 0 aliphatic heterocycles. The van der Waals surface area contributed by atoms with Crippen LogP contribution in [0.4, 0.5) is 0 Å². The van der Waals surface area contributed by atoms with Crippen LogP contribution >= 0.6 is 0 Å². The van der Waals surface area contributed by atoms with Crippen molar-refractivity contribution in [1.82, 2.24) is 5.32 Å². The minimum Gasteiger partial charge on any atom is -0.394 e. The number of unbranched alkanes of at least 4 members (excludes halogenated alkanes) is 40. The Morgan fingerprint density at radius 3 is 0.868 bits per heavy atom. The van der Waals surface area contributed by atoms with E-state index in [0.29, 0.717) is 6.42 Å². The molecule has 0 aromatic carbocycles. The molecular formula is C72H129NO3. The zero-order valence-corrected chi connectivity index (χ0v) is 50.8. The molecule has 2 atom stereocenters. The molecule has 440 valence electrons. The smallest absolute Gasteiger partial charge is 0.220 e. The Balaban J connectivity index is 3.50. The molecule has 0 spiro atoms. The molecule has 4 heteroatoms. The van der Waals surface area contributed by atoms with E-state index < -0.39 is 12.1 Å². The van der Waals surface area contributed by atoms with Crippen molar-refractivity contribution < 1.29 is 15.0 Å². The van der Waals surface area contributed by atoms with Crippen molar-refractivity contribution in [3.8, 4) is 0 Å². The number of hydrogen-bond donors (Lipinski definition) is 3. The normalized spacial score (nSPS) is 13.4. The third-order valence-electron chi connectivity index (χ3n) is 15.1. The van der Waals surface area contributed by atoms with Crippen LogP contribution in [0.15, 0.2) is 97.2 Å². The van der Waals surface area contributed by atoms with E-state index in [1.807, 2.05) is 6.08 Å². The van der Waals surface area contributed by atoms with Crippen LogP contribution < -0.4 is 5.32 Å². The van der Waals surface area contributed by atoms with Crippen molar-refractivity contribution in [2.24, 2.45) is 0 Å². The lowest BCUT2D eigenvalue weighted by atomic mass is 10.0. The number of rotatable bonds is 61. The quantitative estimate of drug-likeness (QED) is 0.0420. The molecule has 3 N–H and O–H groups in total. The fraction of sp³-hybridized carbons (Fsp3) is 0.764. The van der Waals surface area contributed by atoms with Crippen LogP contribution in [-0.4, -0.2) is 34.9 Å². The fourth-order valence-electron chi connectivity index (χ4n) is 10.0. The highest BCUT2D eigenvalue weighted by molar-refractivity contribution is 5.76. The van der Waals surface area contributed by atoms with Crippen LogP contribution in [-0.2, 0) is 4.79 Å². The van der Waals surface area contributed by atoms with E-state index in [1.165, 1.54) is 244 Å². The number of nitrogens with one attached hydrogen (secondary N) is 1. The van der Waals surface area contributed by atoms with Crippen LogP contribution in [0, 0.1) is 0 Å². The van der Waals surface area contributed by atoms with Gasteiger partial charge in [-0.15, -0.1) is 0 Å². The number of amides is 1. The Kier molecular flexibility index (Phi) is 64.2. The SMILES string of the molecule is CC/C=C\C/C=C\C/C=C\C/C=C\C/C=C\C/C=C\C/C=C\CCCCCCCCCCCCCCCC(=O)NC(CO)C(O)/C=C/CCCCCCCCCCCCCCCCCCCCCCCCCCCCC. The van der Waals surface area contributed by atoms with Crippen LogP contribution in [0.25, 0.3) is 0 Å². The second-order valence-corrected chi connectivity index (χ2v) is 22.5. The Bertz CT molecular complexity index is 1380. The molecular weight excluding hydrogens is 927 g/mol. The Hall–Kier alpha value is -2.69. The first kappa shape index (κ1) is 73.3. The van der Waals surface area contributed by atoms with E-state index in [2.05, 4.69) is 104 Å². The van der Waals surface area contributed by atoms with E-state index in [0.717, 1.165) is 70.6 Å². The third-order valence-corrected chi connectivity index (χ3v) is 15.1. The molecule has 76 heavy (non-hydrogen) atoms. The Morgan fingerprint density at radius 1 is 0.329 bits per heavy atom. The molecule has 0 saturated carbocycles. The molecule has 0 aliphatic carbocycles. The van der Waals surface area contributed by atoms with Crippen molar-refractivity contribution in [3.63, 3.8) is 0 Å². The number of carbonyl (C=O) groups is 1. The average molecular weight is 1060 g/mol. The van der Waals surface area contributed by atoms with Gasteiger partial charge in [-0.05, 0) is 77.0 Å². The van der Waals surface area contributed by atoms with E-state index >= 15 is 0 Å². The van der Waals surface area contributed by atoms with Gasteiger partial charge in [-0.2, -0.15) is 0 Å². The van der Waals surface area contributed by atoms with E-state index in [4.69, 9.17) is 0 Å². The molecule has 0 bridgehead atoms. The summed E-state index contributed by atoms with van der Waals surface area (Å²) in [6.07, 6.45) is 99.0. The highest BCUT2D eigenvalue weighted by atomic mass is 16.3. The average Bonchev–Trinajstić information content (AvgIpc) is 3.42. The lowest BCUT2D eigenvalue weighted by Gasteiger charge is -2.20. The number of carbonyl (C=O) groups excluding carboxylic acids is 1. The molecule has 4 nitrogen and oxygen atoms in total. The zero-order valence-electron chi connectivity index (χ0n) is 50.8. The lowest BCUT2D eigenvalue weighted by Crippen LogP contribution is -2.45. The summed E-state index contributed by atoms with van der Waals surface area (Å²) in [5, 5.41) is 23.3. The summed E-state index contributed by atoms with van der Waals surface area (Å²) >= 11 is 0. The van der Waals surface area contributed by atoms with Crippen molar-refractivity contribution in [1.29, 1.82) is 0 Å². The van der Waals surface area contributed by atoms with Gasteiger partial charge >= 0.3 is 0 Å². The predicted octanol–water partition coefficient (Wildman–Crippen LogP) is 22.8. The summed E-state index contributed by atoms with van der Waals surface area (Å²) in [6.45, 7) is 4.22. The van der Waals surface area contributed by atoms with Gasteiger partial charge in [0.2, 0.25) is 5.91 Å². The molecule has 2 unspecified atom stereocenters. The maximum atomic E-state index is 12.5. The summed E-state index contributed by atoms with van der Waals surface area (Å²) in [6, 6.07) is -0.630. The zero-order chi connectivity index (χ0) is 54.8. The molecule has 0 saturated heterocycles. The first-order valence-corrected chi connectivity index (χ1v) is 33.5. The van der Waals surface area contributed by atoms with E-state index in [9.17, 15) is 15.0 Å². The van der Waals surface area contributed by atoms with Crippen LogP contribution in [0.5, 0.6) is 0 Å². The van der Waals surface area contributed by atoms with Crippen LogP contribution in [0.2, 0.25) is 0 Å². The summed E-state index contributed by atoms with van der Waals surface area (Å²) in [5.41, 5.74) is 0. The summed E-state index contributed by atoms with van der Waals surface area (Å²) < 4.78 is 0. The molecule has 0 aromatic rings. The lowest BCUT2D eigenvalue weighted by molar-refractivity contribution is -0.123. The van der Waals surface area contributed by atoms with Crippen LogP contribution in [0.3, 0.4) is 0 Å². The third kappa shape index (κ3) is 62.2. The first-order valence-electron chi connectivity index (χ1n) is 33.5. The first-order chi connectivity index (χ1) is 37.7. The fourth-order valence-corrected chi connectivity index (χ4v) is 10.0. The molecule has 0 radical (unpaired) electrons. The summed E-state index contributed by atoms with van der Waals surface area (Å²) in [4.78, 5) is 12.5. The Labute approximate surface area is 474 Å². The van der Waals surface area contributed by atoms with Gasteiger partial charge in [0.15, 0.2) is 0 Å². The number of aliphatic hydroxyl groups is 2. The molecule has 0 aromatic heterocycles. The molecule has 0 fully saturated rings. The van der Waals surface area contributed by atoms with Gasteiger partial charge in [-0.3, -0.25) is 4.79 Å². The maximum Gasteiger partial charge on any atom is 0.220 e. The highest BCUT2D eigenvalue weighted by Crippen LogP contribution is 2.18. The summed E-state index contributed by atoms with van der Waals surface area (Å²) in [7, 11) is 0. The second kappa shape index (κ2) is 66.6. The van der Waals surface area contributed by atoms with Crippen LogP contribution in [0.1, 0.15) is 335 Å². The molecule has 1 amide bonds. The predicted molar refractivity (Wildman–Crippen MR) is 340 cm³/mol. The van der Waals surface area contributed by atoms with E-state index in [1.54, 1.807) is 6.08 Å². The van der Waals surface area contributed by atoms with Gasteiger partial charge in [0.05, 0.1) is 18.8 Å². The standard InChI is InChI=1S/C72H129NO3/c1-3-5-7-9-11-13-15-17-19-21-23-25-27-29-31-33-34-35-36-37-38-40-42-44-46-48-50-52-54-56-58-60-62-64-66-68-72(76)73-70(69-74)71(75)67-65-63-61-59-57-55-53-51-49-47-45-43-41-39-32-30-28-26-24-22-20-18-16-14-12-10-8-6-4-2/h5,7,11,13,17,19,23,25,29,31,34-35,37-38,65,67,70-71,74-75H,3-4,6,8-10,12,14-16,18,20-22,24,26-28,30,32-33,36,39-64,66,68-69H2,1-2H3,(H,73,76)/b7-5-,13-11-,19-17-,25-23-,31-29-,35-34-,38-37-,67-65+. The van der Waals surface area contributed by atoms with Gasteiger partial charge in [0.1, 0.15) is 0 Å². The largest absolute Gasteiger partial charge is 0.394 e. The number of aliphatic hydroxyl groups excluding tert-OH is 2. The van der Waals surface area contributed by atoms with Crippen molar-refractivity contribution >= 4 is 5.91 Å². The topological polar surface area (TPSA) is 69.6 Å². The molecule has 0 rings (SSSR count). The molecule has 0 aliphatic rings. The minimum atomic E-state index is -0.846. The van der Waals surface area contributed by atoms with Gasteiger partial charge in [-0.1, -0.05) is 349 Å². The molecule has 0 heterocycles. The second-order valence-electron chi connectivity index (χ2n) is 22.5. The number of allylic oxidation sites excluding steroid dienone is 15. The van der Waals surface area contributed by atoms with Gasteiger partial charge < -0.3 is 15.5 Å². The monoisotopic (exact) mass is 1060 g/mol. The maximum absolute atomic E-state index is 12.5. The highest BCUT2D eigenvalue weighted by Gasteiger charge is 2.18. The van der Waals surface area contributed by atoms with Gasteiger partial charge in [-0.25, -0.2) is 0 Å². The van der Waals surface area contributed by atoms with Gasteiger partial charge in [0, 0.05) is 6.42 Å². The van der Waals surface area contributed by atoms with Gasteiger partial charge in [0.25, 0.3) is 0 Å². The van der Waals surface area contributed by atoms with Crippen molar-refractivity contribution in [2.45, 2.75) is 347 Å². The minimum absolute atomic E-state index is 0.0645.